The molecule has 1 aliphatic rings. The van der Waals surface area contributed by atoms with E-state index in [9.17, 15) is 0 Å². The first-order valence-corrected chi connectivity index (χ1v) is 3.30. The van der Waals surface area contributed by atoms with Crippen LogP contribution in [0.4, 0.5) is 0 Å². The Morgan fingerprint density at radius 1 is 1.50 bits per heavy atom. The number of hydrogen-bond acceptors (Lipinski definition) is 1. The van der Waals surface area contributed by atoms with E-state index in [0.29, 0.717) is 6.61 Å². The molecule has 0 aromatic rings. The molecule has 0 aromatic carbocycles. The van der Waals surface area contributed by atoms with E-state index in [4.69, 9.17) is 4.74 Å². The lowest BCUT2D eigenvalue weighted by atomic mass is 9.86. The molecule has 0 spiro atoms. The van der Waals surface area contributed by atoms with Crippen molar-refractivity contribution in [3.63, 3.8) is 0 Å². The van der Waals surface area contributed by atoms with Gasteiger partial charge in [-0.1, -0.05) is 6.42 Å². The predicted octanol–water partition coefficient (Wildman–Crippen LogP) is 1.64. The second-order valence-electron chi connectivity index (χ2n) is 2.37. The predicted molar refractivity (Wildman–Crippen MR) is 33.5 cm³/mol. The van der Waals surface area contributed by atoms with Crippen molar-refractivity contribution in [1.82, 2.24) is 0 Å². The summed E-state index contributed by atoms with van der Waals surface area (Å²) in [6.07, 6.45) is 4.16. The van der Waals surface area contributed by atoms with Crippen LogP contribution >= 0.6 is 0 Å². The third-order valence-electron chi connectivity index (χ3n) is 1.72. The van der Waals surface area contributed by atoms with Crippen molar-refractivity contribution in [2.45, 2.75) is 19.3 Å². The standard InChI is InChI=1S/C7H13O/c1-2-8-6-7-4-3-5-7/h7H,1-6H2. The fourth-order valence-electron chi connectivity index (χ4n) is 0.909. The van der Waals surface area contributed by atoms with Crippen LogP contribution in [0.2, 0.25) is 0 Å². The summed E-state index contributed by atoms with van der Waals surface area (Å²) in [5.41, 5.74) is 0. The molecule has 1 saturated carbocycles. The molecule has 1 radical (unpaired) electrons. The molecule has 0 bridgehead atoms. The van der Waals surface area contributed by atoms with Crippen molar-refractivity contribution in [1.29, 1.82) is 0 Å². The second-order valence-corrected chi connectivity index (χ2v) is 2.37. The van der Waals surface area contributed by atoms with Gasteiger partial charge in [0.1, 0.15) is 0 Å². The van der Waals surface area contributed by atoms with Gasteiger partial charge in [-0.05, 0) is 25.7 Å². The van der Waals surface area contributed by atoms with Gasteiger partial charge in [0.15, 0.2) is 0 Å². The molecule has 1 nitrogen and oxygen atoms in total. The number of ether oxygens (including phenoxy) is 1. The largest absolute Gasteiger partial charge is 0.381 e. The summed E-state index contributed by atoms with van der Waals surface area (Å²) in [6.45, 7) is 5.18. The van der Waals surface area contributed by atoms with Gasteiger partial charge in [0.05, 0.1) is 0 Å². The second kappa shape index (κ2) is 3.08. The third kappa shape index (κ3) is 1.48. The van der Waals surface area contributed by atoms with Crippen molar-refractivity contribution >= 4 is 0 Å². The molecular formula is C7H13O. The molecular weight excluding hydrogens is 100 g/mol. The van der Waals surface area contributed by atoms with Gasteiger partial charge in [-0.3, -0.25) is 0 Å². The average Bonchev–Trinajstić information content (AvgIpc) is 1.63. The number of rotatable bonds is 3. The zero-order valence-electron chi connectivity index (χ0n) is 5.23. The minimum absolute atomic E-state index is 0.635. The Hall–Kier alpha value is -0.0400. The van der Waals surface area contributed by atoms with Gasteiger partial charge in [0, 0.05) is 13.2 Å². The van der Waals surface area contributed by atoms with Gasteiger partial charge in [0.25, 0.3) is 0 Å². The van der Waals surface area contributed by atoms with E-state index in [1.165, 1.54) is 19.3 Å². The normalized spacial score (nSPS) is 20.6. The average molecular weight is 113 g/mol. The van der Waals surface area contributed by atoms with Gasteiger partial charge in [-0.25, -0.2) is 0 Å². The van der Waals surface area contributed by atoms with E-state index >= 15 is 0 Å². The Balaban J connectivity index is 1.86. The molecule has 0 amide bonds. The van der Waals surface area contributed by atoms with E-state index in [1.807, 2.05) is 0 Å². The fourth-order valence-corrected chi connectivity index (χ4v) is 0.909. The van der Waals surface area contributed by atoms with Crippen LogP contribution in [0, 0.1) is 12.8 Å². The lowest BCUT2D eigenvalue weighted by Gasteiger charge is -2.24. The highest BCUT2D eigenvalue weighted by Crippen LogP contribution is 2.25. The molecule has 1 fully saturated rings. The molecule has 0 aromatic heterocycles. The van der Waals surface area contributed by atoms with Crippen LogP contribution in [0.1, 0.15) is 19.3 Å². The summed E-state index contributed by atoms with van der Waals surface area (Å²) < 4.78 is 5.13. The van der Waals surface area contributed by atoms with Crippen molar-refractivity contribution in [2.24, 2.45) is 5.92 Å². The fraction of sp³-hybridized carbons (Fsp3) is 0.857. The summed E-state index contributed by atoms with van der Waals surface area (Å²) >= 11 is 0. The molecule has 1 heteroatoms. The molecule has 0 N–H and O–H groups in total. The molecule has 47 valence electrons. The van der Waals surface area contributed by atoms with Crippen LogP contribution in [0.15, 0.2) is 0 Å². The quantitative estimate of drug-likeness (QED) is 0.540. The summed E-state index contributed by atoms with van der Waals surface area (Å²) in [5.74, 6) is 0.872. The van der Waals surface area contributed by atoms with E-state index in [0.717, 1.165) is 12.5 Å². The zero-order chi connectivity index (χ0) is 5.82. The first-order chi connectivity index (χ1) is 3.93. The van der Waals surface area contributed by atoms with Crippen LogP contribution in [0.25, 0.3) is 0 Å². The monoisotopic (exact) mass is 113 g/mol. The summed E-state index contributed by atoms with van der Waals surface area (Å²) in [4.78, 5) is 0. The van der Waals surface area contributed by atoms with Gasteiger partial charge in [-0.2, -0.15) is 0 Å². The van der Waals surface area contributed by atoms with Crippen molar-refractivity contribution in [3.8, 4) is 0 Å². The van der Waals surface area contributed by atoms with Crippen LogP contribution in [-0.4, -0.2) is 13.2 Å². The SMILES string of the molecule is [CH2]COCC1CCC1. The molecule has 0 atom stereocenters. The Bertz CT molecular complexity index is 57.4. The maximum Gasteiger partial charge on any atom is 0.0494 e. The van der Waals surface area contributed by atoms with Crippen LogP contribution in [-0.2, 0) is 4.74 Å². The maximum atomic E-state index is 5.13. The lowest BCUT2D eigenvalue weighted by molar-refractivity contribution is 0.0876. The van der Waals surface area contributed by atoms with E-state index < -0.39 is 0 Å². The molecule has 0 unspecified atom stereocenters. The van der Waals surface area contributed by atoms with Crippen molar-refractivity contribution < 1.29 is 4.74 Å². The van der Waals surface area contributed by atoms with Crippen molar-refractivity contribution in [2.75, 3.05) is 13.2 Å². The maximum absolute atomic E-state index is 5.13. The molecule has 1 aliphatic carbocycles. The summed E-state index contributed by atoms with van der Waals surface area (Å²) in [5, 5.41) is 0. The van der Waals surface area contributed by atoms with Crippen LogP contribution in [0.5, 0.6) is 0 Å². The molecule has 1 rings (SSSR count). The third-order valence-corrected chi connectivity index (χ3v) is 1.72. The van der Waals surface area contributed by atoms with E-state index in [1.54, 1.807) is 0 Å². The van der Waals surface area contributed by atoms with Gasteiger partial charge < -0.3 is 4.74 Å². The van der Waals surface area contributed by atoms with Crippen LogP contribution < -0.4 is 0 Å². The van der Waals surface area contributed by atoms with E-state index in [-0.39, 0.29) is 0 Å². The van der Waals surface area contributed by atoms with Crippen LogP contribution in [0.3, 0.4) is 0 Å². The first kappa shape index (κ1) is 6.09. The molecule has 0 saturated heterocycles. The Labute approximate surface area is 51.0 Å². The van der Waals surface area contributed by atoms with Gasteiger partial charge in [0.2, 0.25) is 0 Å². The van der Waals surface area contributed by atoms with Gasteiger partial charge >= 0.3 is 0 Å². The summed E-state index contributed by atoms with van der Waals surface area (Å²) in [7, 11) is 0. The highest BCUT2D eigenvalue weighted by Gasteiger charge is 2.16. The minimum Gasteiger partial charge on any atom is -0.381 e. The van der Waals surface area contributed by atoms with Crippen molar-refractivity contribution in [3.05, 3.63) is 6.92 Å². The zero-order valence-corrected chi connectivity index (χ0v) is 5.23. The summed E-state index contributed by atoms with van der Waals surface area (Å²) in [6, 6.07) is 0. The Morgan fingerprint density at radius 3 is 2.62 bits per heavy atom. The highest BCUT2D eigenvalue weighted by atomic mass is 16.5. The first-order valence-electron chi connectivity index (χ1n) is 3.30. The topological polar surface area (TPSA) is 9.23 Å². The van der Waals surface area contributed by atoms with Gasteiger partial charge in [-0.15, -0.1) is 0 Å². The number of hydrogen-bond donors (Lipinski definition) is 0. The Morgan fingerprint density at radius 2 is 2.25 bits per heavy atom. The Kier molecular flexibility index (Phi) is 2.34. The molecule has 8 heavy (non-hydrogen) atoms. The molecule has 0 aliphatic heterocycles. The minimum atomic E-state index is 0.635. The highest BCUT2D eigenvalue weighted by molar-refractivity contribution is 4.68. The van der Waals surface area contributed by atoms with E-state index in [2.05, 4.69) is 6.92 Å². The molecule has 0 heterocycles. The smallest absolute Gasteiger partial charge is 0.0494 e. The lowest BCUT2D eigenvalue weighted by Crippen LogP contribution is -2.17.